The van der Waals surface area contributed by atoms with E-state index in [1.807, 2.05) is 26.8 Å². The number of aromatic nitrogens is 2. The van der Waals surface area contributed by atoms with Crippen LogP contribution in [0.15, 0.2) is 48.5 Å². The average Bonchev–Trinajstić information content (AvgIpc) is 3.20. The van der Waals surface area contributed by atoms with E-state index in [0.717, 1.165) is 5.52 Å². The van der Waals surface area contributed by atoms with Crippen LogP contribution in [0.25, 0.3) is 10.9 Å². The number of carbonyl (C=O) groups excluding carboxylic acids is 3. The third-order valence-electron chi connectivity index (χ3n) is 5.60. The van der Waals surface area contributed by atoms with Crippen LogP contribution in [0.2, 0.25) is 0 Å². The maximum atomic E-state index is 13.1. The van der Waals surface area contributed by atoms with Gasteiger partial charge in [0.1, 0.15) is 5.60 Å². The number of benzene rings is 2. The molecule has 0 saturated carbocycles. The second kappa shape index (κ2) is 9.05. The number of amides is 2. The number of fused-ring (bicyclic) bond motifs is 1. The third-order valence-corrected chi connectivity index (χ3v) is 5.60. The van der Waals surface area contributed by atoms with E-state index < -0.39 is 5.60 Å². The minimum atomic E-state index is -0.516. The highest BCUT2D eigenvalue weighted by Gasteiger charge is 2.31. The Bertz CT molecular complexity index is 1170. The number of rotatable bonds is 4. The van der Waals surface area contributed by atoms with Crippen molar-refractivity contribution in [3.05, 3.63) is 59.7 Å². The smallest absolute Gasteiger partial charge is 0.309 e. The van der Waals surface area contributed by atoms with E-state index in [2.05, 4.69) is 15.5 Å². The Morgan fingerprint density at radius 3 is 2.39 bits per heavy atom. The summed E-state index contributed by atoms with van der Waals surface area (Å²) >= 11 is 0. The Balaban J connectivity index is 1.44. The minimum absolute atomic E-state index is 0.110. The molecule has 0 spiro atoms. The molecule has 2 heterocycles. The van der Waals surface area contributed by atoms with Gasteiger partial charge in [0.2, 0.25) is 0 Å². The molecule has 2 aromatic carbocycles. The molecule has 0 unspecified atom stereocenters. The summed E-state index contributed by atoms with van der Waals surface area (Å²) in [5.41, 5.74) is 1.24. The molecule has 8 heteroatoms. The lowest BCUT2D eigenvalue weighted by Crippen LogP contribution is -2.41. The topological polar surface area (TPSA) is 104 Å². The lowest BCUT2D eigenvalue weighted by molar-refractivity contribution is -0.161. The largest absolute Gasteiger partial charge is 0.460 e. The molecular formula is C25H28N4O4. The number of hydrogen-bond acceptors (Lipinski definition) is 5. The van der Waals surface area contributed by atoms with Crippen molar-refractivity contribution in [3.63, 3.8) is 0 Å². The number of piperidine rings is 1. The zero-order valence-electron chi connectivity index (χ0n) is 19.1. The Morgan fingerprint density at radius 2 is 1.73 bits per heavy atom. The van der Waals surface area contributed by atoms with Crippen molar-refractivity contribution < 1.29 is 19.1 Å². The van der Waals surface area contributed by atoms with Crippen molar-refractivity contribution >= 4 is 34.5 Å². The van der Waals surface area contributed by atoms with Gasteiger partial charge < -0.3 is 15.0 Å². The number of nitrogens with one attached hydrogen (secondary N) is 2. The second-order valence-electron chi connectivity index (χ2n) is 9.25. The van der Waals surface area contributed by atoms with E-state index in [4.69, 9.17) is 4.74 Å². The Hall–Kier alpha value is -3.68. The third kappa shape index (κ3) is 5.22. The summed E-state index contributed by atoms with van der Waals surface area (Å²) in [5, 5.41) is 10.6. The molecule has 0 bridgehead atoms. The first-order valence-electron chi connectivity index (χ1n) is 11.1. The molecule has 8 nitrogen and oxygen atoms in total. The number of H-pyrrole nitrogens is 1. The van der Waals surface area contributed by atoms with Gasteiger partial charge in [-0.25, -0.2) is 0 Å². The normalized spacial score (nSPS) is 14.8. The van der Waals surface area contributed by atoms with Gasteiger partial charge >= 0.3 is 5.97 Å². The van der Waals surface area contributed by atoms with Crippen molar-refractivity contribution in [1.82, 2.24) is 15.1 Å². The standard InChI is InChI=1S/C25H28N4O4/c1-25(2,3)33-24(32)17-11-13-29(14-12-17)23(31)18-9-10-20-19(15-18)21(28-27-20)26-22(30)16-7-5-4-6-8-16/h4-10,15,17H,11-14H2,1-3H3,(H2,26,27,28,30). The fourth-order valence-corrected chi connectivity index (χ4v) is 3.90. The second-order valence-corrected chi connectivity index (χ2v) is 9.25. The molecular weight excluding hydrogens is 420 g/mol. The summed E-state index contributed by atoms with van der Waals surface area (Å²) in [5.74, 6) is -0.402. The molecule has 1 saturated heterocycles. The molecule has 1 aliphatic heterocycles. The number of likely N-dealkylation sites (tertiary alicyclic amines) is 1. The van der Waals surface area contributed by atoms with Crippen molar-refractivity contribution in [1.29, 1.82) is 0 Å². The van der Waals surface area contributed by atoms with Crippen LogP contribution in [-0.4, -0.2) is 51.6 Å². The van der Waals surface area contributed by atoms with Gasteiger partial charge in [0.25, 0.3) is 11.8 Å². The summed E-state index contributed by atoms with van der Waals surface area (Å²) in [7, 11) is 0. The van der Waals surface area contributed by atoms with E-state index >= 15 is 0 Å². The van der Waals surface area contributed by atoms with Crippen LogP contribution in [0.4, 0.5) is 5.82 Å². The molecule has 4 rings (SSSR count). The van der Waals surface area contributed by atoms with Gasteiger partial charge in [0.15, 0.2) is 5.82 Å². The average molecular weight is 449 g/mol. The first kappa shape index (κ1) is 22.5. The minimum Gasteiger partial charge on any atom is -0.460 e. The molecule has 1 aliphatic rings. The maximum absolute atomic E-state index is 13.1. The molecule has 3 aromatic rings. The molecule has 2 N–H and O–H groups in total. The van der Waals surface area contributed by atoms with Gasteiger partial charge in [0.05, 0.1) is 11.4 Å². The van der Waals surface area contributed by atoms with Crippen LogP contribution in [0.3, 0.4) is 0 Å². The van der Waals surface area contributed by atoms with Gasteiger partial charge in [-0.05, 0) is 63.9 Å². The quantitative estimate of drug-likeness (QED) is 0.587. The van der Waals surface area contributed by atoms with E-state index in [1.54, 1.807) is 47.4 Å². The molecule has 0 aliphatic carbocycles. The molecule has 172 valence electrons. The first-order valence-corrected chi connectivity index (χ1v) is 11.1. The number of nitrogens with zero attached hydrogens (tertiary/aromatic N) is 2. The van der Waals surface area contributed by atoms with Crippen LogP contribution < -0.4 is 5.32 Å². The predicted molar refractivity (Wildman–Crippen MR) is 125 cm³/mol. The van der Waals surface area contributed by atoms with E-state index in [-0.39, 0.29) is 23.7 Å². The van der Waals surface area contributed by atoms with E-state index in [0.29, 0.717) is 48.3 Å². The molecule has 1 fully saturated rings. The van der Waals surface area contributed by atoms with Crippen LogP contribution in [0, 0.1) is 5.92 Å². The Labute approximate surface area is 192 Å². The number of hydrogen-bond donors (Lipinski definition) is 2. The monoisotopic (exact) mass is 448 g/mol. The number of esters is 1. The van der Waals surface area contributed by atoms with Crippen LogP contribution in [0.5, 0.6) is 0 Å². The van der Waals surface area contributed by atoms with Crippen molar-refractivity contribution in [2.45, 2.75) is 39.2 Å². The van der Waals surface area contributed by atoms with Gasteiger partial charge in [-0.1, -0.05) is 18.2 Å². The van der Waals surface area contributed by atoms with E-state index in [9.17, 15) is 14.4 Å². The van der Waals surface area contributed by atoms with Crippen LogP contribution in [0.1, 0.15) is 54.3 Å². The van der Waals surface area contributed by atoms with Crippen molar-refractivity contribution in [2.75, 3.05) is 18.4 Å². The predicted octanol–water partition coefficient (Wildman–Crippen LogP) is 4.01. The summed E-state index contributed by atoms with van der Waals surface area (Å²) in [6.07, 6.45) is 1.15. The number of carbonyl (C=O) groups is 3. The summed E-state index contributed by atoms with van der Waals surface area (Å²) < 4.78 is 5.49. The molecule has 33 heavy (non-hydrogen) atoms. The summed E-state index contributed by atoms with van der Waals surface area (Å²) in [6, 6.07) is 14.1. The van der Waals surface area contributed by atoms with Crippen LogP contribution >= 0.6 is 0 Å². The summed E-state index contributed by atoms with van der Waals surface area (Å²) in [4.78, 5) is 39.7. The van der Waals surface area contributed by atoms with Gasteiger partial charge in [0, 0.05) is 29.6 Å². The molecule has 2 amide bonds. The van der Waals surface area contributed by atoms with Gasteiger partial charge in [-0.15, -0.1) is 0 Å². The molecule has 0 radical (unpaired) electrons. The SMILES string of the molecule is CC(C)(C)OC(=O)C1CCN(C(=O)c2ccc3[nH]nc(NC(=O)c4ccccc4)c3c2)CC1. The number of aromatic amines is 1. The Kier molecular flexibility index (Phi) is 6.18. The number of ether oxygens (including phenoxy) is 1. The highest BCUT2D eigenvalue weighted by atomic mass is 16.6. The van der Waals surface area contributed by atoms with Crippen LogP contribution in [-0.2, 0) is 9.53 Å². The zero-order chi connectivity index (χ0) is 23.6. The van der Waals surface area contributed by atoms with Gasteiger partial charge in [-0.2, -0.15) is 5.10 Å². The lowest BCUT2D eigenvalue weighted by Gasteiger charge is -2.32. The first-order chi connectivity index (χ1) is 15.7. The van der Waals surface area contributed by atoms with Gasteiger partial charge in [-0.3, -0.25) is 19.5 Å². The molecule has 0 atom stereocenters. The number of anilines is 1. The zero-order valence-corrected chi connectivity index (χ0v) is 19.1. The van der Waals surface area contributed by atoms with E-state index in [1.165, 1.54) is 0 Å². The maximum Gasteiger partial charge on any atom is 0.309 e. The summed E-state index contributed by atoms with van der Waals surface area (Å²) in [6.45, 7) is 6.54. The Morgan fingerprint density at radius 1 is 1.03 bits per heavy atom. The van der Waals surface area contributed by atoms with Crippen molar-refractivity contribution in [2.24, 2.45) is 5.92 Å². The van der Waals surface area contributed by atoms with Crippen molar-refractivity contribution in [3.8, 4) is 0 Å². The molecule has 1 aromatic heterocycles. The highest BCUT2D eigenvalue weighted by Crippen LogP contribution is 2.26. The lowest BCUT2D eigenvalue weighted by atomic mass is 9.96. The fourth-order valence-electron chi connectivity index (χ4n) is 3.90. The highest BCUT2D eigenvalue weighted by molar-refractivity contribution is 6.09. The fraction of sp³-hybridized carbons (Fsp3) is 0.360.